The molecule has 2 fully saturated rings. The van der Waals surface area contributed by atoms with Crippen molar-refractivity contribution in [2.75, 3.05) is 80.5 Å². The van der Waals surface area contributed by atoms with Gasteiger partial charge in [0.2, 0.25) is 0 Å². The number of rotatable bonds is 11. The third-order valence-corrected chi connectivity index (χ3v) is 9.98. The fourth-order valence-electron chi connectivity index (χ4n) is 6.50. The molecule has 12 nitrogen and oxygen atoms in total. The van der Waals surface area contributed by atoms with Gasteiger partial charge in [0.1, 0.15) is 27.2 Å². The lowest BCUT2D eigenvalue weighted by Crippen LogP contribution is -2.53. The van der Waals surface area contributed by atoms with E-state index in [2.05, 4.69) is 47.4 Å². The van der Waals surface area contributed by atoms with Crippen molar-refractivity contribution in [1.29, 1.82) is 0 Å². The van der Waals surface area contributed by atoms with E-state index in [0.717, 1.165) is 74.4 Å². The number of nitrogens with one attached hydrogen (secondary N) is 3. The number of aromatic nitrogens is 2. The number of amides is 1. The number of H-pyrrole nitrogens is 1. The number of nitrogens with two attached hydrogens (primary N) is 1. The van der Waals surface area contributed by atoms with Gasteiger partial charge < -0.3 is 31.0 Å². The van der Waals surface area contributed by atoms with Crippen molar-refractivity contribution in [3.8, 4) is 5.75 Å². The van der Waals surface area contributed by atoms with Crippen molar-refractivity contribution in [2.45, 2.75) is 18.9 Å². The van der Waals surface area contributed by atoms with Crippen molar-refractivity contribution in [2.24, 2.45) is 5.73 Å². The van der Waals surface area contributed by atoms with Crippen molar-refractivity contribution >= 4 is 55.2 Å². The summed E-state index contributed by atoms with van der Waals surface area (Å²) in [5, 5.41) is 7.31. The first-order valence-electron chi connectivity index (χ1n) is 15.7. The molecule has 4 heterocycles. The molecule has 2 aromatic heterocycles. The summed E-state index contributed by atoms with van der Waals surface area (Å²) in [6.45, 7) is 6.28. The molecule has 1 amide bonds. The van der Waals surface area contributed by atoms with Crippen LogP contribution in [0.3, 0.4) is 0 Å². The number of anilines is 5. The number of fused-ring (bicyclic) bond motifs is 1. The van der Waals surface area contributed by atoms with Crippen LogP contribution < -0.4 is 26.0 Å². The van der Waals surface area contributed by atoms with Gasteiger partial charge in [-0.1, -0.05) is 6.07 Å². The zero-order chi connectivity index (χ0) is 33.1. The van der Waals surface area contributed by atoms with Crippen LogP contribution in [0.1, 0.15) is 23.2 Å². The number of carbonyl (C=O) groups is 1. The van der Waals surface area contributed by atoms with Crippen LogP contribution in [0.2, 0.25) is 0 Å². The van der Waals surface area contributed by atoms with Crippen molar-refractivity contribution in [1.82, 2.24) is 19.8 Å². The Morgan fingerprint density at radius 3 is 2.49 bits per heavy atom. The Balaban J connectivity index is 1.09. The van der Waals surface area contributed by atoms with Gasteiger partial charge in [-0.05, 0) is 43.2 Å². The number of carbonyl (C=O) groups excluding carboxylic acids is 1. The summed E-state index contributed by atoms with van der Waals surface area (Å²) in [5.74, 6) is 0.0718. The summed E-state index contributed by atoms with van der Waals surface area (Å²) in [6.07, 6.45) is 6.74. The lowest BCUT2D eigenvalue weighted by Gasteiger charge is -2.43. The molecular weight excluding hydrogens is 623 g/mol. The van der Waals surface area contributed by atoms with E-state index in [1.165, 1.54) is 18.4 Å². The number of nitrogens with zero attached hydrogens (tertiary/aromatic N) is 4. The molecule has 2 aliphatic heterocycles. The molecular formula is C33H41FN8O4S. The van der Waals surface area contributed by atoms with Crippen LogP contribution in [-0.2, 0) is 9.84 Å². The molecule has 0 bridgehead atoms. The minimum Gasteiger partial charge on any atom is -0.494 e. The molecule has 2 saturated heterocycles. The highest BCUT2D eigenvalue weighted by atomic mass is 32.2. The number of ether oxygens (including phenoxy) is 1. The lowest BCUT2D eigenvalue weighted by atomic mass is 10.0. The summed E-state index contributed by atoms with van der Waals surface area (Å²) < 4.78 is 43.2. The fourth-order valence-corrected chi connectivity index (χ4v) is 7.09. The topological polar surface area (TPSA) is 149 Å². The van der Waals surface area contributed by atoms with Gasteiger partial charge in [0.15, 0.2) is 0 Å². The Morgan fingerprint density at radius 2 is 1.79 bits per heavy atom. The van der Waals surface area contributed by atoms with E-state index < -0.39 is 21.6 Å². The number of halogens is 1. The highest BCUT2D eigenvalue weighted by Gasteiger charge is 2.28. The van der Waals surface area contributed by atoms with Gasteiger partial charge in [-0.3, -0.25) is 19.6 Å². The second kappa shape index (κ2) is 13.8. The second-order valence-electron chi connectivity index (χ2n) is 12.2. The quantitative estimate of drug-likeness (QED) is 0.186. The molecule has 2 aliphatic rings. The van der Waals surface area contributed by atoms with Crippen LogP contribution in [0, 0.1) is 5.82 Å². The van der Waals surface area contributed by atoms with Crippen molar-refractivity contribution in [3.05, 3.63) is 66.2 Å². The molecule has 250 valence electrons. The molecule has 0 saturated carbocycles. The third kappa shape index (κ3) is 7.61. The van der Waals surface area contributed by atoms with Gasteiger partial charge in [-0.25, -0.2) is 12.8 Å². The number of hydrogen-bond acceptors (Lipinski definition) is 10. The first kappa shape index (κ1) is 32.5. The van der Waals surface area contributed by atoms with E-state index in [1.807, 2.05) is 12.1 Å². The lowest BCUT2D eigenvalue weighted by molar-refractivity contribution is 0.0882. The number of primary amides is 1. The Kier molecular flexibility index (Phi) is 9.52. The molecule has 14 heteroatoms. The number of piperidine rings is 1. The number of piperazine rings is 1. The molecule has 2 aromatic carbocycles. The van der Waals surface area contributed by atoms with E-state index in [4.69, 9.17) is 10.5 Å². The van der Waals surface area contributed by atoms with Gasteiger partial charge in [0, 0.05) is 75.3 Å². The number of sulfone groups is 1. The maximum absolute atomic E-state index is 14.3. The Labute approximate surface area is 274 Å². The maximum Gasteiger partial charge on any atom is 0.253 e. The molecule has 6 rings (SSSR count). The molecule has 47 heavy (non-hydrogen) atoms. The number of aromatic amines is 1. The molecule has 0 unspecified atom stereocenters. The van der Waals surface area contributed by atoms with Gasteiger partial charge in [-0.2, -0.15) is 0 Å². The molecule has 5 N–H and O–H groups in total. The second-order valence-corrected chi connectivity index (χ2v) is 14.5. The van der Waals surface area contributed by atoms with E-state index in [1.54, 1.807) is 25.6 Å². The van der Waals surface area contributed by atoms with E-state index >= 15 is 0 Å². The maximum atomic E-state index is 14.3. The number of pyridine rings is 1. The van der Waals surface area contributed by atoms with Gasteiger partial charge >= 0.3 is 0 Å². The van der Waals surface area contributed by atoms with Crippen LogP contribution in [-0.4, -0.2) is 105 Å². The summed E-state index contributed by atoms with van der Waals surface area (Å²) in [4.78, 5) is 26.7. The minimum absolute atomic E-state index is 0.214. The Hall–Kier alpha value is -4.40. The average molecular weight is 665 g/mol. The van der Waals surface area contributed by atoms with Gasteiger partial charge in [-0.15, -0.1) is 0 Å². The molecule has 0 atom stereocenters. The van der Waals surface area contributed by atoms with Crippen molar-refractivity contribution < 1.29 is 22.3 Å². The summed E-state index contributed by atoms with van der Waals surface area (Å²) in [7, 11) is -1.29. The van der Waals surface area contributed by atoms with Gasteiger partial charge in [0.05, 0.1) is 53.4 Å². The average Bonchev–Trinajstić information content (AvgIpc) is 3.47. The molecule has 4 aromatic rings. The normalized spacial score (nSPS) is 16.8. The molecule has 0 radical (unpaired) electrons. The monoisotopic (exact) mass is 664 g/mol. The summed E-state index contributed by atoms with van der Waals surface area (Å²) in [5.41, 5.74) is 8.69. The van der Waals surface area contributed by atoms with Crippen LogP contribution in [0.15, 0.2) is 54.9 Å². The zero-order valence-electron chi connectivity index (χ0n) is 26.6. The predicted molar refractivity (Wildman–Crippen MR) is 184 cm³/mol. The SMILES string of the molecule is COc1cc(N2CCC(N3CCN(CCS(C)(=O)=O)CC3)CC2)ccc1Nc1cc2c(Nc3cccc(F)c3C(N)=O)cncc2[nH]1. The van der Waals surface area contributed by atoms with Gasteiger partial charge in [0.25, 0.3) is 5.91 Å². The zero-order valence-corrected chi connectivity index (χ0v) is 27.4. The molecule has 0 aliphatic carbocycles. The number of hydrogen-bond donors (Lipinski definition) is 4. The Morgan fingerprint density at radius 1 is 1.02 bits per heavy atom. The summed E-state index contributed by atoms with van der Waals surface area (Å²) >= 11 is 0. The highest BCUT2D eigenvalue weighted by Crippen LogP contribution is 2.36. The Bertz CT molecular complexity index is 1850. The van der Waals surface area contributed by atoms with Crippen LogP contribution >= 0.6 is 0 Å². The third-order valence-electron chi connectivity index (χ3n) is 9.06. The predicted octanol–water partition coefficient (Wildman–Crippen LogP) is 3.93. The van der Waals surface area contributed by atoms with E-state index in [-0.39, 0.29) is 17.0 Å². The first-order valence-corrected chi connectivity index (χ1v) is 17.8. The number of methoxy groups -OCH3 is 1. The van der Waals surface area contributed by atoms with Crippen molar-refractivity contribution in [3.63, 3.8) is 0 Å². The molecule has 0 spiro atoms. The largest absolute Gasteiger partial charge is 0.494 e. The number of benzene rings is 2. The summed E-state index contributed by atoms with van der Waals surface area (Å²) in [6, 6.07) is 12.9. The van der Waals surface area contributed by atoms with Crippen LogP contribution in [0.25, 0.3) is 10.9 Å². The minimum atomic E-state index is -2.94. The standard InChI is InChI=1S/C33H41FN8O4S/c1-46-30-18-23(41-10-8-22(9-11-41)42-14-12-40(13-15-42)16-17-47(2,44)45)6-7-26(30)38-31-19-24-28(20-36-21-29(24)39-31)37-27-5-3-4-25(34)32(27)33(35)43/h3-7,18-22,37-39H,8-17H2,1-2H3,(H2,35,43). The van der Waals surface area contributed by atoms with E-state index in [0.29, 0.717) is 29.8 Å². The highest BCUT2D eigenvalue weighted by molar-refractivity contribution is 7.90. The van der Waals surface area contributed by atoms with Crippen LogP contribution in [0.5, 0.6) is 5.75 Å². The first-order chi connectivity index (χ1) is 22.6. The smallest absolute Gasteiger partial charge is 0.253 e. The fraction of sp³-hybridized carbons (Fsp3) is 0.394. The van der Waals surface area contributed by atoms with E-state index in [9.17, 15) is 17.6 Å². The van der Waals surface area contributed by atoms with Crippen LogP contribution in [0.4, 0.5) is 33.0 Å².